The highest BCUT2D eigenvalue weighted by atomic mass is 35.5. The first kappa shape index (κ1) is 17.1. The Morgan fingerprint density at radius 1 is 1.12 bits per heavy atom. The van der Waals surface area contributed by atoms with Gasteiger partial charge in [-0.3, -0.25) is 0 Å². The van der Waals surface area contributed by atoms with E-state index >= 15 is 0 Å². The number of rotatable bonds is 6. The molecule has 0 saturated heterocycles. The summed E-state index contributed by atoms with van der Waals surface area (Å²) in [6, 6.07) is 14.8. The molecule has 0 saturated carbocycles. The number of halogens is 1. The first-order chi connectivity index (χ1) is 11.6. The van der Waals surface area contributed by atoms with E-state index in [4.69, 9.17) is 11.6 Å². The molecule has 1 unspecified atom stereocenters. The van der Waals surface area contributed by atoms with Crippen LogP contribution in [0.5, 0.6) is 0 Å². The summed E-state index contributed by atoms with van der Waals surface area (Å²) in [5, 5.41) is 1.17. The molecule has 3 rings (SSSR count). The standard InChI is InChI=1S/C20H21ClN2S/c1-15-3-8-19(16(2)11-15)20(12-23-10-9-22-14-23)24-13-17-4-6-18(21)7-5-17/h3-11,14,20H,12-13H2,1-2H3. The Balaban J connectivity index is 1.80. The van der Waals surface area contributed by atoms with E-state index in [1.807, 2.05) is 42.6 Å². The number of benzene rings is 2. The summed E-state index contributed by atoms with van der Waals surface area (Å²) in [5.41, 5.74) is 5.35. The van der Waals surface area contributed by atoms with E-state index in [0.717, 1.165) is 17.3 Å². The summed E-state index contributed by atoms with van der Waals surface area (Å²) in [5.74, 6) is 0.962. The van der Waals surface area contributed by atoms with Crippen molar-refractivity contribution in [1.29, 1.82) is 0 Å². The van der Waals surface area contributed by atoms with Gasteiger partial charge in [0, 0.05) is 35.0 Å². The minimum atomic E-state index is 0.385. The molecule has 0 aliphatic heterocycles. The highest BCUT2D eigenvalue weighted by Crippen LogP contribution is 2.35. The molecule has 24 heavy (non-hydrogen) atoms. The van der Waals surface area contributed by atoms with Crippen LogP contribution >= 0.6 is 23.4 Å². The number of nitrogens with zero attached hydrogens (tertiary/aromatic N) is 2. The molecule has 1 heterocycles. The zero-order valence-corrected chi connectivity index (χ0v) is 15.5. The maximum Gasteiger partial charge on any atom is 0.0946 e. The maximum atomic E-state index is 5.98. The Hall–Kier alpha value is -1.71. The van der Waals surface area contributed by atoms with Crippen LogP contribution in [0.3, 0.4) is 0 Å². The van der Waals surface area contributed by atoms with Crippen LogP contribution in [0, 0.1) is 13.8 Å². The lowest BCUT2D eigenvalue weighted by Crippen LogP contribution is -2.07. The lowest BCUT2D eigenvalue weighted by molar-refractivity contribution is 0.681. The van der Waals surface area contributed by atoms with Gasteiger partial charge in [-0.25, -0.2) is 4.98 Å². The summed E-state index contributed by atoms with van der Waals surface area (Å²) < 4.78 is 2.15. The van der Waals surface area contributed by atoms with Gasteiger partial charge >= 0.3 is 0 Å². The summed E-state index contributed by atoms with van der Waals surface area (Å²) in [6.07, 6.45) is 5.75. The van der Waals surface area contributed by atoms with Gasteiger partial charge in [-0.05, 0) is 42.7 Å². The summed E-state index contributed by atoms with van der Waals surface area (Å²) in [6.45, 7) is 5.26. The SMILES string of the molecule is Cc1ccc(C(Cn2ccnc2)SCc2ccc(Cl)cc2)c(C)c1. The molecule has 0 radical (unpaired) electrons. The molecule has 0 amide bonds. The van der Waals surface area contributed by atoms with Crippen LogP contribution in [0.2, 0.25) is 5.02 Å². The maximum absolute atomic E-state index is 5.98. The molecule has 0 spiro atoms. The first-order valence-electron chi connectivity index (χ1n) is 8.01. The third kappa shape index (κ3) is 4.43. The van der Waals surface area contributed by atoms with Gasteiger partial charge in [-0.15, -0.1) is 11.8 Å². The minimum Gasteiger partial charge on any atom is -0.336 e. The van der Waals surface area contributed by atoms with Crippen molar-refractivity contribution in [1.82, 2.24) is 9.55 Å². The second-order valence-electron chi connectivity index (χ2n) is 6.05. The fourth-order valence-electron chi connectivity index (χ4n) is 2.79. The van der Waals surface area contributed by atoms with Crippen LogP contribution in [0.4, 0.5) is 0 Å². The average Bonchev–Trinajstić information content (AvgIpc) is 3.06. The van der Waals surface area contributed by atoms with Crippen molar-refractivity contribution in [2.24, 2.45) is 0 Å². The van der Waals surface area contributed by atoms with Gasteiger partial charge in [0.2, 0.25) is 0 Å². The topological polar surface area (TPSA) is 17.8 Å². The monoisotopic (exact) mass is 356 g/mol. The summed E-state index contributed by atoms with van der Waals surface area (Å²) in [7, 11) is 0. The van der Waals surface area contributed by atoms with Gasteiger partial charge in [-0.1, -0.05) is 47.5 Å². The van der Waals surface area contributed by atoms with Crippen LogP contribution in [-0.2, 0) is 12.3 Å². The third-order valence-electron chi connectivity index (χ3n) is 4.07. The van der Waals surface area contributed by atoms with Crippen molar-refractivity contribution in [3.8, 4) is 0 Å². The largest absolute Gasteiger partial charge is 0.336 e. The van der Waals surface area contributed by atoms with Crippen molar-refractivity contribution in [2.75, 3.05) is 0 Å². The Morgan fingerprint density at radius 2 is 1.92 bits per heavy atom. The Labute approximate surface area is 152 Å². The predicted molar refractivity (Wildman–Crippen MR) is 104 cm³/mol. The van der Waals surface area contributed by atoms with Crippen molar-refractivity contribution >= 4 is 23.4 Å². The molecular formula is C20H21ClN2S. The first-order valence-corrected chi connectivity index (χ1v) is 9.43. The Kier molecular flexibility index (Phi) is 5.64. The molecule has 0 aliphatic carbocycles. The number of hydrogen-bond acceptors (Lipinski definition) is 2. The number of hydrogen-bond donors (Lipinski definition) is 0. The van der Waals surface area contributed by atoms with Crippen molar-refractivity contribution in [3.63, 3.8) is 0 Å². The Morgan fingerprint density at radius 3 is 2.58 bits per heavy atom. The normalized spacial score (nSPS) is 12.3. The third-order valence-corrected chi connectivity index (χ3v) is 5.63. The molecule has 4 heteroatoms. The van der Waals surface area contributed by atoms with Gasteiger partial charge in [0.25, 0.3) is 0 Å². The van der Waals surface area contributed by atoms with Crippen molar-refractivity contribution in [3.05, 3.63) is 88.5 Å². The molecular weight excluding hydrogens is 336 g/mol. The van der Waals surface area contributed by atoms with Crippen molar-refractivity contribution < 1.29 is 0 Å². The number of imidazole rings is 1. The van der Waals surface area contributed by atoms with E-state index in [9.17, 15) is 0 Å². The van der Waals surface area contributed by atoms with Crippen LogP contribution in [-0.4, -0.2) is 9.55 Å². The smallest absolute Gasteiger partial charge is 0.0946 e. The molecule has 0 bridgehead atoms. The molecule has 1 atom stereocenters. The van der Waals surface area contributed by atoms with Gasteiger partial charge < -0.3 is 4.57 Å². The number of aromatic nitrogens is 2. The Bertz CT molecular complexity index is 782. The minimum absolute atomic E-state index is 0.385. The van der Waals surface area contributed by atoms with E-state index in [1.54, 1.807) is 0 Å². The zero-order valence-electron chi connectivity index (χ0n) is 13.9. The van der Waals surface area contributed by atoms with Crippen LogP contribution < -0.4 is 0 Å². The van der Waals surface area contributed by atoms with Crippen molar-refractivity contribution in [2.45, 2.75) is 31.4 Å². The number of aryl methyl sites for hydroxylation is 2. The highest BCUT2D eigenvalue weighted by Gasteiger charge is 2.15. The zero-order chi connectivity index (χ0) is 16.9. The molecule has 0 fully saturated rings. The van der Waals surface area contributed by atoms with Crippen LogP contribution in [0.25, 0.3) is 0 Å². The number of thioether (sulfide) groups is 1. The predicted octanol–water partition coefficient (Wildman–Crippen LogP) is 5.83. The second kappa shape index (κ2) is 7.91. The molecule has 1 aromatic heterocycles. The van der Waals surface area contributed by atoms with E-state index in [2.05, 4.69) is 53.7 Å². The van der Waals surface area contributed by atoms with E-state index in [1.165, 1.54) is 22.3 Å². The highest BCUT2D eigenvalue weighted by molar-refractivity contribution is 7.98. The van der Waals surface area contributed by atoms with E-state index < -0.39 is 0 Å². The molecule has 0 N–H and O–H groups in total. The van der Waals surface area contributed by atoms with Gasteiger partial charge in [-0.2, -0.15) is 0 Å². The molecule has 2 aromatic carbocycles. The van der Waals surface area contributed by atoms with E-state index in [0.29, 0.717) is 5.25 Å². The molecule has 3 aromatic rings. The quantitative estimate of drug-likeness (QED) is 0.553. The van der Waals surface area contributed by atoms with Gasteiger partial charge in [0.15, 0.2) is 0 Å². The average molecular weight is 357 g/mol. The fraction of sp³-hybridized carbons (Fsp3) is 0.250. The van der Waals surface area contributed by atoms with Gasteiger partial charge in [0.05, 0.1) is 6.33 Å². The lowest BCUT2D eigenvalue weighted by Gasteiger charge is -2.20. The summed E-state index contributed by atoms with van der Waals surface area (Å²) in [4.78, 5) is 4.17. The second-order valence-corrected chi connectivity index (χ2v) is 7.67. The van der Waals surface area contributed by atoms with Gasteiger partial charge in [0.1, 0.15) is 0 Å². The van der Waals surface area contributed by atoms with Crippen LogP contribution in [0.15, 0.2) is 61.2 Å². The molecule has 2 nitrogen and oxygen atoms in total. The van der Waals surface area contributed by atoms with E-state index in [-0.39, 0.29) is 0 Å². The fourth-order valence-corrected chi connectivity index (χ4v) is 4.23. The lowest BCUT2D eigenvalue weighted by atomic mass is 10.0. The molecule has 0 aliphatic rings. The van der Waals surface area contributed by atoms with Crippen LogP contribution in [0.1, 0.15) is 27.5 Å². The molecule has 124 valence electrons. The summed E-state index contributed by atoms with van der Waals surface area (Å²) >= 11 is 7.94.